The van der Waals surface area contributed by atoms with Gasteiger partial charge in [-0.15, -0.1) is 0 Å². The van der Waals surface area contributed by atoms with Crippen LogP contribution in [0.15, 0.2) is 0 Å². The van der Waals surface area contributed by atoms with E-state index in [0.717, 1.165) is 13.8 Å². The van der Waals surface area contributed by atoms with Gasteiger partial charge in [-0.2, -0.15) is 30.7 Å². The Kier molecular flexibility index (Phi) is 11.1. The van der Waals surface area contributed by atoms with Gasteiger partial charge in [0.15, 0.2) is 29.2 Å². The Balaban J connectivity index is 2.02. The number of nitrogens with zero attached hydrogens (tertiary/aromatic N) is 4. The largest absolute Gasteiger partial charge is 0.507 e. The summed E-state index contributed by atoms with van der Waals surface area (Å²) in [5.74, 6) is -11.8. The zero-order valence-electron chi connectivity index (χ0n) is 30.5. The Labute approximate surface area is 308 Å². The van der Waals surface area contributed by atoms with E-state index in [1.807, 2.05) is 0 Å². The first-order valence-electron chi connectivity index (χ1n) is 16.5. The maximum Gasteiger partial charge on any atom is 0.420 e. The second kappa shape index (κ2) is 13.9. The quantitative estimate of drug-likeness (QED) is 0.0903. The van der Waals surface area contributed by atoms with Crippen molar-refractivity contribution in [1.29, 1.82) is 0 Å². The number of hydrogen-bond acceptors (Lipinski definition) is 13. The molecule has 2 fully saturated rings. The number of urea groups is 1. The van der Waals surface area contributed by atoms with Gasteiger partial charge in [-0.05, 0) is 52.7 Å². The van der Waals surface area contributed by atoms with Crippen molar-refractivity contribution in [3.8, 4) is 23.0 Å². The number of aliphatic hydroxyl groups is 6. The smallest absolute Gasteiger partial charge is 0.420 e. The Hall–Kier alpha value is -3.90. The highest BCUT2D eigenvalue weighted by Gasteiger charge is 2.67. The van der Waals surface area contributed by atoms with Crippen LogP contribution in [0.3, 0.4) is 0 Å². The molecule has 0 spiro atoms. The first-order valence-corrected chi connectivity index (χ1v) is 16.5. The Bertz CT molecular complexity index is 1780. The third-order valence-corrected chi connectivity index (χ3v) is 10.8. The summed E-state index contributed by atoms with van der Waals surface area (Å²) in [6.07, 6.45) is -15.2. The lowest BCUT2D eigenvalue weighted by Crippen LogP contribution is -2.80. The number of aromatic hydroxyl groups is 4. The normalized spacial score (nSPS) is 25.8. The van der Waals surface area contributed by atoms with Crippen molar-refractivity contribution in [3.63, 3.8) is 0 Å². The van der Waals surface area contributed by atoms with Crippen molar-refractivity contribution in [3.05, 3.63) is 44.8 Å². The van der Waals surface area contributed by atoms with Crippen LogP contribution in [0.1, 0.15) is 65.8 Å². The molecule has 2 heterocycles. The van der Waals surface area contributed by atoms with Crippen molar-refractivity contribution >= 4 is 6.03 Å². The molecule has 0 saturated carbocycles. The minimum absolute atomic E-state index is 0.0234. The average Bonchev–Trinajstić information content (AvgIpc) is 3.03. The van der Waals surface area contributed by atoms with Gasteiger partial charge >= 0.3 is 18.4 Å². The van der Waals surface area contributed by atoms with E-state index in [-0.39, 0.29) is 36.0 Å². The number of piperidine rings is 1. The van der Waals surface area contributed by atoms with Crippen molar-refractivity contribution in [1.82, 2.24) is 19.6 Å². The number of benzene rings is 2. The number of carbonyl (C=O) groups is 1. The highest BCUT2D eigenvalue weighted by molar-refractivity contribution is 5.78. The first-order chi connectivity index (χ1) is 24.8. The molecular formula is C33H43F7N4O11. The van der Waals surface area contributed by atoms with Gasteiger partial charge in [-0.3, -0.25) is 19.6 Å². The number of rotatable bonds is 5. The summed E-state index contributed by atoms with van der Waals surface area (Å²) in [5, 5.41) is 112. The number of carbonyl (C=O) groups excluding carboxylic acids is 1. The zero-order chi connectivity index (χ0) is 42.5. The molecule has 6 atom stereocenters. The number of halogens is 7. The van der Waals surface area contributed by atoms with Gasteiger partial charge in [0.05, 0.1) is 17.6 Å². The average molecular weight is 805 g/mol. The third kappa shape index (κ3) is 6.85. The SMILES string of the molecule is Cc1c(O)c(F)c(O)c(O)c1C1N(C(=O)N(C)C(C)(O)c2c(C)c(C(F)(F)F)c(C)c(C(F)(F)F)c2O)C(O)C(O)(O)C(N2CCN(C(C)O)CC2)C1(C)O. The van der Waals surface area contributed by atoms with E-state index in [0.29, 0.717) is 27.8 Å². The van der Waals surface area contributed by atoms with Crippen LogP contribution in [0.25, 0.3) is 0 Å². The van der Waals surface area contributed by atoms with Gasteiger partial charge in [-0.25, -0.2) is 4.79 Å². The summed E-state index contributed by atoms with van der Waals surface area (Å²) in [5.41, 5.74) is -16.3. The molecule has 22 heteroatoms. The molecule has 10 N–H and O–H groups in total. The fourth-order valence-electron chi connectivity index (χ4n) is 8.04. The number of aliphatic hydroxyl groups excluding tert-OH is 2. The maximum atomic E-state index is 14.7. The molecular weight excluding hydrogens is 761 g/mol. The number of alkyl halides is 6. The van der Waals surface area contributed by atoms with Crippen LogP contribution < -0.4 is 0 Å². The fraction of sp³-hybridized carbons (Fsp3) is 0.606. The van der Waals surface area contributed by atoms with Crippen LogP contribution in [-0.4, -0.2) is 140 Å². The molecule has 15 nitrogen and oxygen atoms in total. The number of likely N-dealkylation sites (tertiary alicyclic amines) is 1. The second-order valence-electron chi connectivity index (χ2n) is 14.3. The minimum Gasteiger partial charge on any atom is -0.507 e. The Morgan fingerprint density at radius 1 is 0.818 bits per heavy atom. The lowest BCUT2D eigenvalue weighted by Gasteiger charge is -2.60. The topological polar surface area (TPSA) is 232 Å². The van der Waals surface area contributed by atoms with E-state index in [4.69, 9.17) is 0 Å². The standard InChI is InChI=1S/C33H43F7N4O11/c1-12-16(22(47)24(49)20(34)21(12)46)25-29(5,52)26(43-10-8-42(9-11-43)15(4)45)31(54,55)27(50)44(25)28(51)41(7)30(6,53)18-13(2)17(32(35,36)37)14(3)19(23(18)48)33(38,39)40/h15,25-27,45-50,52-55H,8-11H2,1-7H3. The minimum atomic E-state index is -5.66. The molecule has 310 valence electrons. The zero-order valence-corrected chi connectivity index (χ0v) is 30.5. The van der Waals surface area contributed by atoms with Crippen LogP contribution in [-0.2, 0) is 18.1 Å². The van der Waals surface area contributed by atoms with Crippen LogP contribution in [0.5, 0.6) is 23.0 Å². The molecule has 55 heavy (non-hydrogen) atoms. The lowest BCUT2D eigenvalue weighted by atomic mass is 9.72. The monoisotopic (exact) mass is 804 g/mol. The number of piperazine rings is 1. The van der Waals surface area contributed by atoms with E-state index in [1.54, 1.807) is 0 Å². The van der Waals surface area contributed by atoms with Crippen molar-refractivity contribution in [2.75, 3.05) is 33.2 Å². The molecule has 4 rings (SSSR count). The summed E-state index contributed by atoms with van der Waals surface area (Å²) < 4.78 is 100. The number of amides is 2. The molecule has 2 aromatic rings. The van der Waals surface area contributed by atoms with Gasteiger partial charge in [0.25, 0.3) is 0 Å². The van der Waals surface area contributed by atoms with Crippen molar-refractivity contribution in [2.24, 2.45) is 0 Å². The Morgan fingerprint density at radius 3 is 1.75 bits per heavy atom. The van der Waals surface area contributed by atoms with Gasteiger partial charge in [0.2, 0.25) is 11.6 Å². The van der Waals surface area contributed by atoms with Crippen molar-refractivity contribution < 1.29 is 86.6 Å². The van der Waals surface area contributed by atoms with Gasteiger partial charge in [-0.1, -0.05) is 0 Å². The molecule has 0 aliphatic carbocycles. The molecule has 2 aromatic carbocycles. The first kappa shape index (κ1) is 43.8. The van der Waals surface area contributed by atoms with E-state index < -0.39 is 128 Å². The van der Waals surface area contributed by atoms with E-state index >= 15 is 0 Å². The van der Waals surface area contributed by atoms with Crippen LogP contribution in [0, 0.1) is 26.6 Å². The molecule has 6 unspecified atom stereocenters. The summed E-state index contributed by atoms with van der Waals surface area (Å²) in [6, 6.07) is -6.48. The third-order valence-electron chi connectivity index (χ3n) is 10.8. The molecule has 0 bridgehead atoms. The lowest BCUT2D eigenvalue weighted by molar-refractivity contribution is -0.353. The van der Waals surface area contributed by atoms with Gasteiger partial charge in [0, 0.05) is 49.9 Å². The Morgan fingerprint density at radius 2 is 1.29 bits per heavy atom. The number of hydrogen-bond donors (Lipinski definition) is 10. The van der Waals surface area contributed by atoms with Crippen LogP contribution >= 0.6 is 0 Å². The predicted molar refractivity (Wildman–Crippen MR) is 173 cm³/mol. The predicted octanol–water partition coefficient (Wildman–Crippen LogP) is 1.96. The number of phenols is 4. The summed E-state index contributed by atoms with van der Waals surface area (Å²) in [7, 11) is 0.560. The molecule has 0 radical (unpaired) electrons. The van der Waals surface area contributed by atoms with E-state index in [2.05, 4.69) is 0 Å². The molecule has 2 saturated heterocycles. The molecule has 2 amide bonds. The van der Waals surface area contributed by atoms with E-state index in [9.17, 15) is 86.6 Å². The fourth-order valence-corrected chi connectivity index (χ4v) is 8.04. The second-order valence-corrected chi connectivity index (χ2v) is 14.3. The molecule has 2 aliphatic heterocycles. The maximum absolute atomic E-state index is 14.7. The van der Waals surface area contributed by atoms with Crippen molar-refractivity contribution in [2.45, 2.75) is 95.5 Å². The van der Waals surface area contributed by atoms with Crippen LogP contribution in [0.2, 0.25) is 0 Å². The summed E-state index contributed by atoms with van der Waals surface area (Å²) in [6.45, 7) is 4.41. The highest BCUT2D eigenvalue weighted by atomic mass is 19.4. The highest BCUT2D eigenvalue weighted by Crippen LogP contribution is 2.55. The van der Waals surface area contributed by atoms with Gasteiger partial charge in [0.1, 0.15) is 23.1 Å². The van der Waals surface area contributed by atoms with Crippen LogP contribution in [0.4, 0.5) is 35.5 Å². The molecule has 0 aromatic heterocycles. The van der Waals surface area contributed by atoms with E-state index in [1.165, 1.54) is 16.7 Å². The number of phenolic OH excluding ortho intramolecular Hbond substituents is 4. The van der Waals surface area contributed by atoms with Gasteiger partial charge < -0.3 is 51.1 Å². The summed E-state index contributed by atoms with van der Waals surface area (Å²) in [4.78, 5) is 17.2. The molecule has 2 aliphatic rings. The summed E-state index contributed by atoms with van der Waals surface area (Å²) >= 11 is 0.